The van der Waals surface area contributed by atoms with Gasteiger partial charge in [-0.1, -0.05) is 30.3 Å². The zero-order valence-electron chi connectivity index (χ0n) is 14.6. The third kappa shape index (κ3) is 3.21. The Hall–Kier alpha value is -3.41. The lowest BCUT2D eigenvalue weighted by Gasteiger charge is -2.04. The van der Waals surface area contributed by atoms with Gasteiger partial charge < -0.3 is 9.73 Å². The molecule has 6 heteroatoms. The summed E-state index contributed by atoms with van der Waals surface area (Å²) in [6, 6.07) is 17.2. The molecule has 1 N–H and O–H groups in total. The number of carbonyl (C=O) groups is 1. The fourth-order valence-corrected chi connectivity index (χ4v) is 2.91. The molecule has 0 radical (unpaired) electrons. The van der Waals surface area contributed by atoms with E-state index in [1.165, 1.54) is 0 Å². The van der Waals surface area contributed by atoms with Gasteiger partial charge in [0.2, 0.25) is 0 Å². The van der Waals surface area contributed by atoms with Crippen LogP contribution in [-0.4, -0.2) is 20.7 Å². The number of rotatable bonds is 4. The number of amides is 1. The van der Waals surface area contributed by atoms with Gasteiger partial charge in [-0.3, -0.25) is 9.48 Å². The SMILES string of the molecule is Cc1cc(C(=O)Nc2ccc3nc(Cc4ccccc4)oc3c2)n(C)n1. The summed E-state index contributed by atoms with van der Waals surface area (Å²) in [5.74, 6) is 0.438. The van der Waals surface area contributed by atoms with E-state index in [0.29, 0.717) is 29.3 Å². The predicted molar refractivity (Wildman–Crippen MR) is 99.2 cm³/mol. The molecule has 0 unspecified atom stereocenters. The van der Waals surface area contributed by atoms with E-state index in [4.69, 9.17) is 4.42 Å². The summed E-state index contributed by atoms with van der Waals surface area (Å²) in [5, 5.41) is 7.07. The molecule has 0 bridgehead atoms. The molecule has 4 aromatic rings. The number of hydrogen-bond acceptors (Lipinski definition) is 4. The van der Waals surface area contributed by atoms with Crippen molar-refractivity contribution in [2.75, 3.05) is 5.32 Å². The largest absolute Gasteiger partial charge is 0.440 e. The van der Waals surface area contributed by atoms with E-state index in [1.807, 2.05) is 49.4 Å². The fraction of sp³-hybridized carbons (Fsp3) is 0.150. The monoisotopic (exact) mass is 346 g/mol. The summed E-state index contributed by atoms with van der Waals surface area (Å²) in [6.45, 7) is 1.85. The molecule has 0 aliphatic rings. The molecular weight excluding hydrogens is 328 g/mol. The van der Waals surface area contributed by atoms with Crippen LogP contribution in [0.1, 0.15) is 27.6 Å². The van der Waals surface area contributed by atoms with Gasteiger partial charge in [-0.25, -0.2) is 4.98 Å². The Morgan fingerprint density at radius 2 is 1.96 bits per heavy atom. The Kier molecular flexibility index (Phi) is 4.01. The summed E-state index contributed by atoms with van der Waals surface area (Å²) >= 11 is 0. The molecule has 2 aromatic carbocycles. The number of aromatic nitrogens is 3. The van der Waals surface area contributed by atoms with Gasteiger partial charge in [-0.05, 0) is 30.7 Å². The van der Waals surface area contributed by atoms with Crippen LogP contribution < -0.4 is 5.32 Å². The van der Waals surface area contributed by atoms with Gasteiger partial charge in [0.05, 0.1) is 5.69 Å². The first-order valence-corrected chi connectivity index (χ1v) is 8.34. The number of nitrogens with zero attached hydrogens (tertiary/aromatic N) is 3. The second-order valence-corrected chi connectivity index (χ2v) is 6.20. The maximum Gasteiger partial charge on any atom is 0.273 e. The Labute approximate surface area is 150 Å². The lowest BCUT2D eigenvalue weighted by molar-refractivity contribution is 0.101. The number of oxazole rings is 1. The van der Waals surface area contributed by atoms with Gasteiger partial charge in [-0.2, -0.15) is 5.10 Å². The summed E-state index contributed by atoms with van der Waals surface area (Å²) in [6.07, 6.45) is 0.630. The quantitative estimate of drug-likeness (QED) is 0.611. The first-order chi connectivity index (χ1) is 12.6. The minimum atomic E-state index is -0.212. The van der Waals surface area contributed by atoms with E-state index in [2.05, 4.69) is 15.4 Å². The Morgan fingerprint density at radius 3 is 2.69 bits per heavy atom. The van der Waals surface area contributed by atoms with Crippen molar-refractivity contribution in [3.8, 4) is 0 Å². The highest BCUT2D eigenvalue weighted by atomic mass is 16.3. The highest BCUT2D eigenvalue weighted by Gasteiger charge is 2.13. The number of hydrogen-bond donors (Lipinski definition) is 1. The van der Waals surface area contributed by atoms with Crippen LogP contribution in [0.4, 0.5) is 5.69 Å². The van der Waals surface area contributed by atoms with Crippen molar-refractivity contribution in [1.29, 1.82) is 0 Å². The molecule has 0 saturated heterocycles. The molecule has 2 aromatic heterocycles. The molecule has 0 atom stereocenters. The van der Waals surface area contributed by atoms with E-state index >= 15 is 0 Å². The number of benzene rings is 2. The van der Waals surface area contributed by atoms with E-state index in [-0.39, 0.29) is 5.91 Å². The molecular formula is C20H18N4O2. The van der Waals surface area contributed by atoms with Crippen LogP contribution in [0.2, 0.25) is 0 Å². The summed E-state index contributed by atoms with van der Waals surface area (Å²) < 4.78 is 7.41. The predicted octanol–water partition coefficient (Wildman–Crippen LogP) is 3.71. The number of carbonyl (C=O) groups excluding carboxylic acids is 1. The normalized spacial score (nSPS) is 11.0. The van der Waals surface area contributed by atoms with Crippen molar-refractivity contribution in [1.82, 2.24) is 14.8 Å². The maximum absolute atomic E-state index is 12.4. The van der Waals surface area contributed by atoms with Crippen molar-refractivity contribution in [2.45, 2.75) is 13.3 Å². The molecule has 0 saturated carbocycles. The van der Waals surface area contributed by atoms with Crippen LogP contribution in [0.3, 0.4) is 0 Å². The number of aryl methyl sites for hydroxylation is 2. The van der Waals surface area contributed by atoms with Gasteiger partial charge in [0.1, 0.15) is 11.2 Å². The lowest BCUT2D eigenvalue weighted by atomic mass is 10.1. The molecule has 6 nitrogen and oxygen atoms in total. The summed E-state index contributed by atoms with van der Waals surface area (Å²) in [7, 11) is 1.75. The van der Waals surface area contributed by atoms with E-state index < -0.39 is 0 Å². The summed E-state index contributed by atoms with van der Waals surface area (Å²) in [4.78, 5) is 16.9. The average molecular weight is 346 g/mol. The maximum atomic E-state index is 12.4. The molecule has 130 valence electrons. The van der Waals surface area contributed by atoms with Crippen molar-refractivity contribution in [3.05, 3.63) is 77.4 Å². The minimum Gasteiger partial charge on any atom is -0.440 e. The molecule has 1 amide bonds. The lowest BCUT2D eigenvalue weighted by Crippen LogP contribution is -2.15. The van der Waals surface area contributed by atoms with Gasteiger partial charge in [-0.15, -0.1) is 0 Å². The average Bonchev–Trinajstić information content (AvgIpc) is 3.17. The zero-order chi connectivity index (χ0) is 18.1. The Bertz CT molecular complexity index is 1080. The topological polar surface area (TPSA) is 73.0 Å². The van der Waals surface area contributed by atoms with Gasteiger partial charge >= 0.3 is 0 Å². The van der Waals surface area contributed by atoms with E-state index in [1.54, 1.807) is 23.9 Å². The third-order valence-electron chi connectivity index (χ3n) is 4.12. The summed E-state index contributed by atoms with van der Waals surface area (Å²) in [5.41, 5.74) is 4.52. The van der Waals surface area contributed by atoms with Crippen molar-refractivity contribution in [3.63, 3.8) is 0 Å². The van der Waals surface area contributed by atoms with Crippen LogP contribution in [-0.2, 0) is 13.5 Å². The number of fused-ring (bicyclic) bond motifs is 1. The van der Waals surface area contributed by atoms with E-state index in [9.17, 15) is 4.79 Å². The van der Waals surface area contributed by atoms with Crippen LogP contribution >= 0.6 is 0 Å². The van der Waals surface area contributed by atoms with Crippen LogP contribution in [0.15, 0.2) is 59.0 Å². The van der Waals surface area contributed by atoms with Gasteiger partial charge in [0.15, 0.2) is 11.5 Å². The van der Waals surface area contributed by atoms with Crippen molar-refractivity contribution >= 4 is 22.7 Å². The Morgan fingerprint density at radius 1 is 1.15 bits per heavy atom. The highest BCUT2D eigenvalue weighted by Crippen LogP contribution is 2.22. The number of nitrogens with one attached hydrogen (secondary N) is 1. The molecule has 2 heterocycles. The second kappa shape index (κ2) is 6.48. The van der Waals surface area contributed by atoms with E-state index in [0.717, 1.165) is 16.8 Å². The molecule has 4 rings (SSSR count). The van der Waals surface area contributed by atoms with Crippen molar-refractivity contribution in [2.24, 2.45) is 7.05 Å². The van der Waals surface area contributed by atoms with Crippen LogP contribution in [0.5, 0.6) is 0 Å². The van der Waals surface area contributed by atoms with Gasteiger partial charge in [0, 0.05) is 25.2 Å². The first-order valence-electron chi connectivity index (χ1n) is 8.34. The second-order valence-electron chi connectivity index (χ2n) is 6.20. The number of anilines is 1. The molecule has 0 spiro atoms. The highest BCUT2D eigenvalue weighted by molar-refractivity contribution is 6.03. The molecule has 0 aliphatic heterocycles. The molecule has 0 fully saturated rings. The molecule has 0 aliphatic carbocycles. The smallest absolute Gasteiger partial charge is 0.273 e. The minimum absolute atomic E-state index is 0.212. The van der Waals surface area contributed by atoms with Crippen LogP contribution in [0.25, 0.3) is 11.1 Å². The Balaban J connectivity index is 1.55. The van der Waals surface area contributed by atoms with Gasteiger partial charge in [0.25, 0.3) is 5.91 Å². The third-order valence-corrected chi connectivity index (χ3v) is 4.12. The molecule has 26 heavy (non-hydrogen) atoms. The van der Waals surface area contributed by atoms with Crippen LogP contribution in [0, 0.1) is 6.92 Å². The first kappa shape index (κ1) is 16.1. The fourth-order valence-electron chi connectivity index (χ4n) is 2.91. The zero-order valence-corrected chi connectivity index (χ0v) is 14.6. The van der Waals surface area contributed by atoms with Crippen molar-refractivity contribution < 1.29 is 9.21 Å². The standard InChI is InChI=1S/C20H18N4O2/c1-13-10-17(24(2)23-13)20(25)21-15-8-9-16-18(12-15)26-19(22-16)11-14-6-4-3-5-7-14/h3-10,12H,11H2,1-2H3,(H,21,25).